The quantitative estimate of drug-likeness (QED) is 0.698. The summed E-state index contributed by atoms with van der Waals surface area (Å²) in [5.41, 5.74) is 1.73. The van der Waals surface area contributed by atoms with E-state index in [0.717, 1.165) is 26.2 Å². The minimum absolute atomic E-state index is 0.0247. The van der Waals surface area contributed by atoms with E-state index in [4.69, 9.17) is 0 Å². The molecule has 0 aromatic heterocycles. The first-order valence-corrected chi connectivity index (χ1v) is 9.32. The topological polar surface area (TPSA) is 38.0 Å². The third-order valence-electron chi connectivity index (χ3n) is 5.31. The van der Waals surface area contributed by atoms with Gasteiger partial charge in [-0.25, -0.2) is 4.39 Å². The van der Waals surface area contributed by atoms with Gasteiger partial charge in [-0.3, -0.25) is 4.79 Å². The third-order valence-corrected chi connectivity index (χ3v) is 5.31. The Labute approximate surface area is 154 Å². The molecule has 0 radical (unpaired) electrons. The van der Waals surface area contributed by atoms with Gasteiger partial charge in [-0.2, -0.15) is 0 Å². The van der Waals surface area contributed by atoms with Gasteiger partial charge in [-0.15, -0.1) is 0 Å². The van der Waals surface area contributed by atoms with Crippen LogP contribution in [0, 0.1) is 5.82 Å². The van der Waals surface area contributed by atoms with Gasteiger partial charge in [0.25, 0.3) is 5.91 Å². The molecule has 1 fully saturated rings. The largest absolute Gasteiger partial charge is 0.343 e. The normalized spacial score (nSPS) is 22.4. The average molecular weight is 357 g/mol. The van der Waals surface area contributed by atoms with Crippen molar-refractivity contribution in [2.45, 2.75) is 19.0 Å². The summed E-state index contributed by atoms with van der Waals surface area (Å²) in [6.45, 7) is 6.51. The Bertz CT molecular complexity index is 712. The molecule has 0 saturated carbocycles. The first kappa shape index (κ1) is 18.5. The van der Waals surface area contributed by atoms with Crippen molar-refractivity contribution in [1.82, 2.24) is 5.32 Å². The molecule has 26 heavy (non-hydrogen) atoms. The van der Waals surface area contributed by atoms with Gasteiger partial charge in [0.2, 0.25) is 0 Å². The SMILES string of the molecule is C[C@@H](NC(=O)c1ccc(F)cc1)[C@H](c1ccccc1)[NH+]1CC[NH+](C)CC1. The van der Waals surface area contributed by atoms with Crippen molar-refractivity contribution in [3.05, 3.63) is 71.5 Å². The summed E-state index contributed by atoms with van der Waals surface area (Å²) in [5, 5.41) is 3.13. The lowest BCUT2D eigenvalue weighted by molar-refractivity contribution is -1.02. The molecule has 0 aliphatic carbocycles. The third kappa shape index (κ3) is 4.48. The molecule has 1 aliphatic rings. The van der Waals surface area contributed by atoms with Gasteiger partial charge in [0.1, 0.15) is 38.0 Å². The van der Waals surface area contributed by atoms with Crippen molar-refractivity contribution in [3.63, 3.8) is 0 Å². The van der Waals surface area contributed by atoms with Crippen LogP contribution >= 0.6 is 0 Å². The Morgan fingerprint density at radius 3 is 2.23 bits per heavy atom. The lowest BCUT2D eigenvalue weighted by Crippen LogP contribution is -3.27. The average Bonchev–Trinajstić information content (AvgIpc) is 2.65. The molecule has 3 rings (SSSR count). The summed E-state index contributed by atoms with van der Waals surface area (Å²) in [6.07, 6.45) is 0. The summed E-state index contributed by atoms with van der Waals surface area (Å²) >= 11 is 0. The number of carbonyl (C=O) groups excluding carboxylic acids is 1. The molecule has 2 aromatic carbocycles. The highest BCUT2D eigenvalue weighted by atomic mass is 19.1. The second kappa shape index (κ2) is 8.43. The van der Waals surface area contributed by atoms with Crippen LogP contribution < -0.4 is 15.1 Å². The van der Waals surface area contributed by atoms with E-state index in [1.54, 1.807) is 4.90 Å². The lowest BCUT2D eigenvalue weighted by atomic mass is 9.97. The van der Waals surface area contributed by atoms with Crippen molar-refractivity contribution < 1.29 is 19.0 Å². The maximum atomic E-state index is 13.1. The number of amides is 1. The zero-order valence-corrected chi connectivity index (χ0v) is 15.5. The molecule has 3 N–H and O–H groups in total. The van der Waals surface area contributed by atoms with Crippen LogP contribution in [0.25, 0.3) is 0 Å². The van der Waals surface area contributed by atoms with Crippen molar-refractivity contribution in [2.24, 2.45) is 0 Å². The predicted octanol–water partition coefficient (Wildman–Crippen LogP) is 0.0985. The zero-order valence-electron chi connectivity index (χ0n) is 15.5. The Kier molecular flexibility index (Phi) is 6.01. The molecule has 138 valence electrons. The Hall–Kier alpha value is -2.24. The van der Waals surface area contributed by atoms with Crippen LogP contribution in [0.1, 0.15) is 28.9 Å². The fraction of sp³-hybridized carbons (Fsp3) is 0.381. The van der Waals surface area contributed by atoms with Crippen LogP contribution in [0.4, 0.5) is 4.39 Å². The van der Waals surface area contributed by atoms with Crippen LogP contribution in [0.2, 0.25) is 0 Å². The molecular formula is C21H28FN3O+2. The molecule has 4 nitrogen and oxygen atoms in total. The number of piperazine rings is 1. The number of quaternary nitrogens is 2. The molecule has 2 atom stereocenters. The molecule has 0 unspecified atom stereocenters. The molecule has 0 spiro atoms. The number of nitrogens with one attached hydrogen (secondary N) is 3. The molecule has 1 amide bonds. The predicted molar refractivity (Wildman–Crippen MR) is 99.8 cm³/mol. The Balaban J connectivity index is 1.77. The lowest BCUT2D eigenvalue weighted by Gasteiger charge is -2.36. The molecular weight excluding hydrogens is 329 g/mol. The molecule has 2 aromatic rings. The van der Waals surface area contributed by atoms with Crippen molar-refractivity contribution in [1.29, 1.82) is 0 Å². The van der Waals surface area contributed by atoms with Crippen LogP contribution in [-0.2, 0) is 0 Å². The first-order chi connectivity index (χ1) is 12.5. The van der Waals surface area contributed by atoms with E-state index in [2.05, 4.69) is 43.6 Å². The van der Waals surface area contributed by atoms with E-state index in [1.807, 2.05) is 6.07 Å². The maximum absolute atomic E-state index is 13.1. The molecule has 5 heteroatoms. The summed E-state index contributed by atoms with van der Waals surface area (Å²) in [5.74, 6) is -0.487. The fourth-order valence-electron chi connectivity index (χ4n) is 3.82. The molecule has 1 heterocycles. The highest BCUT2D eigenvalue weighted by Crippen LogP contribution is 2.14. The van der Waals surface area contributed by atoms with E-state index in [-0.39, 0.29) is 23.8 Å². The van der Waals surface area contributed by atoms with Gasteiger partial charge in [0.05, 0.1) is 13.1 Å². The summed E-state index contributed by atoms with van der Waals surface area (Å²) in [4.78, 5) is 15.7. The van der Waals surface area contributed by atoms with Crippen molar-refractivity contribution >= 4 is 5.91 Å². The van der Waals surface area contributed by atoms with Crippen LogP contribution in [0.3, 0.4) is 0 Å². The highest BCUT2D eigenvalue weighted by Gasteiger charge is 2.34. The van der Waals surface area contributed by atoms with Crippen molar-refractivity contribution in [3.8, 4) is 0 Å². The number of rotatable bonds is 5. The number of hydrogen-bond acceptors (Lipinski definition) is 1. The van der Waals surface area contributed by atoms with E-state index in [1.165, 1.54) is 34.7 Å². The van der Waals surface area contributed by atoms with Gasteiger partial charge in [0.15, 0.2) is 0 Å². The number of hydrogen-bond donors (Lipinski definition) is 3. The number of carbonyl (C=O) groups is 1. The fourth-order valence-corrected chi connectivity index (χ4v) is 3.82. The van der Waals surface area contributed by atoms with E-state index < -0.39 is 0 Å². The second-order valence-electron chi connectivity index (χ2n) is 7.27. The van der Waals surface area contributed by atoms with E-state index in [0.29, 0.717) is 5.56 Å². The molecule has 1 aliphatic heterocycles. The Morgan fingerprint density at radius 2 is 1.62 bits per heavy atom. The monoisotopic (exact) mass is 357 g/mol. The number of halogens is 1. The van der Waals surface area contributed by atoms with Gasteiger partial charge >= 0.3 is 0 Å². The number of benzene rings is 2. The minimum Gasteiger partial charge on any atom is -0.343 e. The summed E-state index contributed by atoms with van der Waals surface area (Å²) in [6, 6.07) is 16.3. The van der Waals surface area contributed by atoms with Crippen LogP contribution in [0.5, 0.6) is 0 Å². The minimum atomic E-state index is -0.332. The van der Waals surface area contributed by atoms with Crippen molar-refractivity contribution in [2.75, 3.05) is 33.2 Å². The molecule has 1 saturated heterocycles. The summed E-state index contributed by atoms with van der Waals surface area (Å²) in [7, 11) is 2.23. The highest BCUT2D eigenvalue weighted by molar-refractivity contribution is 5.94. The van der Waals surface area contributed by atoms with Gasteiger partial charge in [-0.05, 0) is 31.2 Å². The zero-order chi connectivity index (χ0) is 18.5. The standard InChI is InChI=1S/C21H26FN3O/c1-16(23-21(26)18-8-10-19(22)11-9-18)20(17-6-4-3-5-7-17)25-14-12-24(2)13-15-25/h3-11,16,20H,12-15H2,1-2H3,(H,23,26)/p+2/t16-,20-/m1/s1. The van der Waals surface area contributed by atoms with Crippen LogP contribution in [-0.4, -0.2) is 45.2 Å². The number of likely N-dealkylation sites (N-methyl/N-ethyl adjacent to an activating group) is 1. The van der Waals surface area contributed by atoms with Gasteiger partial charge in [-0.1, -0.05) is 30.3 Å². The summed E-state index contributed by atoms with van der Waals surface area (Å²) < 4.78 is 13.1. The second-order valence-corrected chi connectivity index (χ2v) is 7.27. The van der Waals surface area contributed by atoms with E-state index in [9.17, 15) is 9.18 Å². The smallest absolute Gasteiger partial charge is 0.251 e. The van der Waals surface area contributed by atoms with Gasteiger partial charge < -0.3 is 15.1 Å². The first-order valence-electron chi connectivity index (χ1n) is 9.32. The van der Waals surface area contributed by atoms with Crippen LogP contribution in [0.15, 0.2) is 54.6 Å². The Morgan fingerprint density at radius 1 is 1.00 bits per heavy atom. The molecule has 0 bridgehead atoms. The van der Waals surface area contributed by atoms with E-state index >= 15 is 0 Å². The van der Waals surface area contributed by atoms with Gasteiger partial charge in [0, 0.05) is 11.1 Å². The maximum Gasteiger partial charge on any atom is 0.251 e.